The van der Waals surface area contributed by atoms with Gasteiger partial charge in [0, 0.05) is 19.4 Å². The molecule has 164 valence electrons. The third-order valence-electron chi connectivity index (χ3n) is 4.12. The number of rotatable bonds is 12. The van der Waals surface area contributed by atoms with E-state index < -0.39 is 16.2 Å². The molecule has 0 saturated carbocycles. The van der Waals surface area contributed by atoms with Crippen LogP contribution in [0.4, 0.5) is 0 Å². The minimum Gasteiger partial charge on any atom is -0.493 e. The highest BCUT2D eigenvalue weighted by molar-refractivity contribution is 7.86. The first-order chi connectivity index (χ1) is 14.3. The predicted molar refractivity (Wildman–Crippen MR) is 113 cm³/mol. The fourth-order valence-corrected chi connectivity index (χ4v) is 3.30. The molecule has 7 nitrogen and oxygen atoms in total. The quantitative estimate of drug-likeness (QED) is 0.373. The van der Waals surface area contributed by atoms with Gasteiger partial charge in [-0.1, -0.05) is 30.3 Å². The molecule has 0 bridgehead atoms. The van der Waals surface area contributed by atoms with Crippen molar-refractivity contribution < 1.29 is 31.6 Å². The summed E-state index contributed by atoms with van der Waals surface area (Å²) in [4.78, 5) is 12.0. The van der Waals surface area contributed by atoms with Crippen LogP contribution in [0.1, 0.15) is 25.0 Å². The molecule has 2 aromatic rings. The Kier molecular flexibility index (Phi) is 9.14. The van der Waals surface area contributed by atoms with E-state index in [4.69, 9.17) is 18.4 Å². The summed E-state index contributed by atoms with van der Waals surface area (Å²) >= 11 is 0. The molecule has 8 heteroatoms. The van der Waals surface area contributed by atoms with Crippen LogP contribution in [0, 0.1) is 0 Å². The predicted octanol–water partition coefficient (Wildman–Crippen LogP) is 3.16. The molecule has 1 atom stereocenters. The summed E-state index contributed by atoms with van der Waals surface area (Å²) in [5.74, 6) is 0.610. The van der Waals surface area contributed by atoms with Crippen LogP contribution in [0.15, 0.2) is 48.5 Å². The SMILES string of the molecule is CCOC(=O)C(Cc1ccc(OCCc2ccccc2OS(C)(=O)=O)cc1)OCC. The van der Waals surface area contributed by atoms with Crippen molar-refractivity contribution in [2.45, 2.75) is 32.8 Å². The third-order valence-corrected chi connectivity index (χ3v) is 4.60. The molecule has 0 heterocycles. The molecule has 2 rings (SSSR count). The second kappa shape index (κ2) is 11.6. The second-order valence-electron chi connectivity index (χ2n) is 6.54. The van der Waals surface area contributed by atoms with Gasteiger partial charge >= 0.3 is 16.1 Å². The third kappa shape index (κ3) is 8.04. The molecule has 0 saturated heterocycles. The Labute approximate surface area is 178 Å². The van der Waals surface area contributed by atoms with Gasteiger partial charge < -0.3 is 18.4 Å². The minimum atomic E-state index is -3.59. The number of hydrogen-bond acceptors (Lipinski definition) is 7. The maximum Gasteiger partial charge on any atom is 0.335 e. The molecule has 0 aliphatic heterocycles. The van der Waals surface area contributed by atoms with Gasteiger partial charge in [-0.2, -0.15) is 8.42 Å². The molecule has 0 N–H and O–H groups in total. The van der Waals surface area contributed by atoms with E-state index in [1.165, 1.54) is 0 Å². The molecule has 0 fully saturated rings. The number of hydrogen-bond donors (Lipinski definition) is 0. The Balaban J connectivity index is 1.92. The Morgan fingerprint density at radius 3 is 2.33 bits per heavy atom. The lowest BCUT2D eigenvalue weighted by Gasteiger charge is -2.16. The summed E-state index contributed by atoms with van der Waals surface area (Å²) < 4.78 is 44.1. The van der Waals surface area contributed by atoms with Crippen molar-refractivity contribution in [1.29, 1.82) is 0 Å². The van der Waals surface area contributed by atoms with Crippen LogP contribution in [0.3, 0.4) is 0 Å². The summed E-state index contributed by atoms with van der Waals surface area (Å²) in [6.07, 6.45) is 1.29. The zero-order chi connectivity index (χ0) is 22.0. The van der Waals surface area contributed by atoms with Crippen LogP contribution in [0.2, 0.25) is 0 Å². The van der Waals surface area contributed by atoms with E-state index in [1.54, 1.807) is 25.1 Å². The van der Waals surface area contributed by atoms with Crippen LogP contribution in [-0.4, -0.2) is 46.6 Å². The molecular weight excluding hydrogens is 408 g/mol. The minimum absolute atomic E-state index is 0.305. The lowest BCUT2D eigenvalue weighted by molar-refractivity contribution is -0.156. The first-order valence-electron chi connectivity index (χ1n) is 9.79. The van der Waals surface area contributed by atoms with E-state index in [0.717, 1.165) is 17.4 Å². The average molecular weight is 437 g/mol. The molecule has 1 unspecified atom stereocenters. The summed E-state index contributed by atoms with van der Waals surface area (Å²) in [7, 11) is -3.59. The lowest BCUT2D eigenvalue weighted by Crippen LogP contribution is -2.28. The maximum atomic E-state index is 12.0. The topological polar surface area (TPSA) is 88.1 Å². The molecule has 30 heavy (non-hydrogen) atoms. The lowest BCUT2D eigenvalue weighted by atomic mass is 10.1. The van der Waals surface area contributed by atoms with Crippen molar-refractivity contribution in [3.8, 4) is 11.5 Å². The van der Waals surface area contributed by atoms with E-state index in [9.17, 15) is 13.2 Å². The average Bonchev–Trinajstić information content (AvgIpc) is 2.69. The Morgan fingerprint density at radius 2 is 1.70 bits per heavy atom. The van der Waals surface area contributed by atoms with Crippen molar-refractivity contribution >= 4 is 16.1 Å². The molecular formula is C22H28O7S. The van der Waals surface area contributed by atoms with Crippen molar-refractivity contribution in [3.63, 3.8) is 0 Å². The Morgan fingerprint density at radius 1 is 1.00 bits per heavy atom. The van der Waals surface area contributed by atoms with Crippen molar-refractivity contribution in [1.82, 2.24) is 0 Å². The number of para-hydroxylation sites is 1. The van der Waals surface area contributed by atoms with E-state index in [1.807, 2.05) is 37.3 Å². The smallest absolute Gasteiger partial charge is 0.335 e. The molecule has 0 spiro atoms. The molecule has 2 aromatic carbocycles. The summed E-state index contributed by atoms with van der Waals surface area (Å²) in [6, 6.07) is 14.3. The largest absolute Gasteiger partial charge is 0.493 e. The highest BCUT2D eigenvalue weighted by atomic mass is 32.2. The van der Waals surface area contributed by atoms with Crippen molar-refractivity contribution in [2.24, 2.45) is 0 Å². The van der Waals surface area contributed by atoms with Gasteiger partial charge in [0.25, 0.3) is 0 Å². The number of benzene rings is 2. The van der Waals surface area contributed by atoms with Crippen molar-refractivity contribution in [3.05, 3.63) is 59.7 Å². The normalized spacial score (nSPS) is 12.2. The molecule has 0 aromatic heterocycles. The zero-order valence-electron chi connectivity index (χ0n) is 17.5. The first kappa shape index (κ1) is 23.7. The molecule has 0 aliphatic carbocycles. The molecule has 0 radical (unpaired) electrons. The zero-order valence-corrected chi connectivity index (χ0v) is 18.3. The molecule has 0 amide bonds. The number of carbonyl (C=O) groups is 1. The van der Waals surface area contributed by atoms with Gasteiger partial charge in [-0.3, -0.25) is 0 Å². The monoisotopic (exact) mass is 436 g/mol. The van der Waals surface area contributed by atoms with Crippen molar-refractivity contribution in [2.75, 3.05) is 26.1 Å². The second-order valence-corrected chi connectivity index (χ2v) is 8.11. The van der Waals surface area contributed by atoms with Crippen LogP contribution in [0.5, 0.6) is 11.5 Å². The van der Waals surface area contributed by atoms with E-state index in [0.29, 0.717) is 44.2 Å². The Bertz CT molecular complexity index is 907. The van der Waals surface area contributed by atoms with Crippen LogP contribution >= 0.6 is 0 Å². The first-order valence-corrected chi connectivity index (χ1v) is 11.6. The Hall–Kier alpha value is -2.58. The van der Waals surface area contributed by atoms with Crippen LogP contribution in [0.25, 0.3) is 0 Å². The fraction of sp³-hybridized carbons (Fsp3) is 0.409. The van der Waals surface area contributed by atoms with Gasteiger partial charge in [0.05, 0.1) is 19.5 Å². The maximum absolute atomic E-state index is 12.0. The summed E-state index contributed by atoms with van der Waals surface area (Å²) in [6.45, 7) is 4.69. The summed E-state index contributed by atoms with van der Waals surface area (Å²) in [5.41, 5.74) is 1.68. The highest BCUT2D eigenvalue weighted by Crippen LogP contribution is 2.21. The van der Waals surface area contributed by atoms with Crippen LogP contribution in [-0.2, 0) is 37.2 Å². The number of carbonyl (C=O) groups excluding carboxylic acids is 1. The van der Waals surface area contributed by atoms with Gasteiger partial charge in [-0.15, -0.1) is 0 Å². The highest BCUT2D eigenvalue weighted by Gasteiger charge is 2.20. The summed E-state index contributed by atoms with van der Waals surface area (Å²) in [5, 5.41) is 0. The van der Waals surface area contributed by atoms with Gasteiger partial charge in [-0.05, 0) is 43.2 Å². The van der Waals surface area contributed by atoms with E-state index >= 15 is 0 Å². The standard InChI is InChI=1S/C22H28O7S/c1-4-26-21(22(23)27-5-2)16-17-10-12-19(13-11-17)28-15-14-18-8-6-7-9-20(18)29-30(3,24)25/h6-13,21H,4-5,14-16H2,1-3H3. The van der Waals surface area contributed by atoms with E-state index in [-0.39, 0.29) is 5.97 Å². The fourth-order valence-electron chi connectivity index (χ4n) is 2.82. The van der Waals surface area contributed by atoms with Gasteiger partial charge in [0.1, 0.15) is 11.5 Å². The number of esters is 1. The van der Waals surface area contributed by atoms with Crippen LogP contribution < -0.4 is 8.92 Å². The molecule has 0 aliphatic rings. The van der Waals surface area contributed by atoms with E-state index in [2.05, 4.69) is 0 Å². The van der Waals surface area contributed by atoms with Gasteiger partial charge in [0.15, 0.2) is 6.10 Å². The van der Waals surface area contributed by atoms with Gasteiger partial charge in [0.2, 0.25) is 0 Å². The number of ether oxygens (including phenoxy) is 3. The van der Waals surface area contributed by atoms with Gasteiger partial charge in [-0.25, -0.2) is 4.79 Å².